The highest BCUT2D eigenvalue weighted by atomic mass is 35.5. The third-order valence-electron chi connectivity index (χ3n) is 3.25. The average Bonchev–Trinajstić information content (AvgIpc) is 3.11. The molecule has 0 fully saturated rings. The molecule has 0 unspecified atom stereocenters. The van der Waals surface area contributed by atoms with Crippen LogP contribution in [0.5, 0.6) is 11.5 Å². The molecule has 0 saturated carbocycles. The fraction of sp³-hybridized carbons (Fsp3) is 0.111. The quantitative estimate of drug-likeness (QED) is 0.610. The Bertz CT molecular complexity index is 881. The minimum absolute atomic E-state index is 0.0412. The van der Waals surface area contributed by atoms with Crippen molar-refractivity contribution < 1.29 is 19.4 Å². The summed E-state index contributed by atoms with van der Waals surface area (Å²) in [5, 5.41) is 11.7. The molecular weight excluding hydrogens is 362 g/mol. The maximum Gasteiger partial charge on any atom is 0.355 e. The number of para-hydroxylation sites is 1. The van der Waals surface area contributed by atoms with Crippen LogP contribution in [0, 0.1) is 0 Å². The summed E-state index contributed by atoms with van der Waals surface area (Å²) < 4.78 is 11.2. The number of rotatable bonds is 7. The van der Waals surface area contributed by atoms with Crippen LogP contribution in [0.2, 0.25) is 5.02 Å². The van der Waals surface area contributed by atoms with E-state index in [-0.39, 0.29) is 5.69 Å². The molecule has 1 heterocycles. The third kappa shape index (κ3) is 4.49. The summed E-state index contributed by atoms with van der Waals surface area (Å²) in [5.41, 5.74) is 0.849. The Morgan fingerprint density at radius 3 is 2.68 bits per heavy atom. The molecule has 3 aromatic rings. The van der Waals surface area contributed by atoms with Crippen molar-refractivity contribution in [1.82, 2.24) is 4.98 Å². The minimum Gasteiger partial charge on any atom is -0.490 e. The van der Waals surface area contributed by atoms with Crippen LogP contribution in [-0.4, -0.2) is 29.3 Å². The van der Waals surface area contributed by atoms with Crippen molar-refractivity contribution in [3.05, 3.63) is 64.6 Å². The molecule has 3 rings (SSSR count). The lowest BCUT2D eigenvalue weighted by Crippen LogP contribution is -2.09. The number of ether oxygens (including phenoxy) is 2. The van der Waals surface area contributed by atoms with Crippen molar-refractivity contribution in [3.8, 4) is 22.1 Å². The van der Waals surface area contributed by atoms with Gasteiger partial charge in [-0.05, 0) is 24.3 Å². The van der Waals surface area contributed by atoms with Gasteiger partial charge in [0, 0.05) is 10.9 Å². The molecule has 25 heavy (non-hydrogen) atoms. The molecule has 0 saturated heterocycles. The molecule has 0 bridgehead atoms. The normalized spacial score (nSPS) is 10.4. The van der Waals surface area contributed by atoms with E-state index < -0.39 is 5.97 Å². The van der Waals surface area contributed by atoms with E-state index in [0.29, 0.717) is 34.7 Å². The lowest BCUT2D eigenvalue weighted by molar-refractivity contribution is 0.0691. The maximum atomic E-state index is 10.9. The Balaban J connectivity index is 1.58. The zero-order valence-electron chi connectivity index (χ0n) is 13.0. The van der Waals surface area contributed by atoms with E-state index in [0.717, 1.165) is 5.56 Å². The second-order valence-electron chi connectivity index (χ2n) is 5.00. The molecule has 0 aliphatic carbocycles. The SMILES string of the molecule is O=C(O)c1csc(-c2cccc(OCCOc3ccccc3Cl)c2)n1. The summed E-state index contributed by atoms with van der Waals surface area (Å²) in [4.78, 5) is 15.0. The Hall–Kier alpha value is -2.57. The zero-order valence-corrected chi connectivity index (χ0v) is 14.6. The number of carboxylic acids is 1. The van der Waals surface area contributed by atoms with Gasteiger partial charge in [0.2, 0.25) is 0 Å². The van der Waals surface area contributed by atoms with Gasteiger partial charge in [0.05, 0.1) is 5.02 Å². The number of carbonyl (C=O) groups is 1. The second kappa shape index (κ2) is 8.00. The number of nitrogens with zero attached hydrogens (tertiary/aromatic N) is 1. The monoisotopic (exact) mass is 375 g/mol. The summed E-state index contributed by atoms with van der Waals surface area (Å²) in [6.45, 7) is 0.710. The van der Waals surface area contributed by atoms with E-state index >= 15 is 0 Å². The Kier molecular flexibility index (Phi) is 5.53. The summed E-state index contributed by atoms with van der Waals surface area (Å²) in [6.07, 6.45) is 0. The van der Waals surface area contributed by atoms with E-state index in [4.69, 9.17) is 26.2 Å². The number of thiazole rings is 1. The Morgan fingerprint density at radius 2 is 1.92 bits per heavy atom. The lowest BCUT2D eigenvalue weighted by atomic mass is 10.2. The molecule has 0 radical (unpaired) electrons. The first-order chi connectivity index (χ1) is 12.1. The van der Waals surface area contributed by atoms with Crippen molar-refractivity contribution in [2.45, 2.75) is 0 Å². The van der Waals surface area contributed by atoms with E-state index in [9.17, 15) is 4.79 Å². The molecule has 1 aromatic heterocycles. The average molecular weight is 376 g/mol. The van der Waals surface area contributed by atoms with Crippen LogP contribution in [0.25, 0.3) is 10.6 Å². The molecule has 0 aliphatic rings. The van der Waals surface area contributed by atoms with Crippen molar-refractivity contribution in [1.29, 1.82) is 0 Å². The number of halogens is 1. The van der Waals surface area contributed by atoms with Crippen LogP contribution in [0.3, 0.4) is 0 Å². The molecule has 5 nitrogen and oxygen atoms in total. The summed E-state index contributed by atoms with van der Waals surface area (Å²) in [6, 6.07) is 14.6. The zero-order chi connectivity index (χ0) is 17.6. The largest absolute Gasteiger partial charge is 0.490 e. The Labute approximate surface area is 153 Å². The van der Waals surface area contributed by atoms with Crippen LogP contribution in [0.4, 0.5) is 0 Å². The first kappa shape index (κ1) is 17.3. The van der Waals surface area contributed by atoms with Gasteiger partial charge in [-0.25, -0.2) is 9.78 Å². The highest BCUT2D eigenvalue weighted by Crippen LogP contribution is 2.27. The number of carboxylic acid groups (broad SMARTS) is 1. The molecule has 0 amide bonds. The van der Waals surface area contributed by atoms with Gasteiger partial charge in [-0.1, -0.05) is 35.9 Å². The number of benzene rings is 2. The standard InChI is InChI=1S/C18H14ClNO4S/c19-14-6-1-2-7-16(14)24-9-8-23-13-5-3-4-12(10-13)17-20-15(11-25-17)18(21)22/h1-7,10-11H,8-9H2,(H,21,22). The molecule has 0 aliphatic heterocycles. The third-order valence-corrected chi connectivity index (χ3v) is 4.45. The van der Waals surface area contributed by atoms with Gasteiger partial charge in [0.1, 0.15) is 29.7 Å². The highest BCUT2D eigenvalue weighted by Gasteiger charge is 2.10. The van der Waals surface area contributed by atoms with Crippen molar-refractivity contribution in [2.24, 2.45) is 0 Å². The second-order valence-corrected chi connectivity index (χ2v) is 6.26. The molecule has 128 valence electrons. The van der Waals surface area contributed by atoms with Gasteiger partial charge in [-0.15, -0.1) is 11.3 Å². The van der Waals surface area contributed by atoms with Gasteiger partial charge in [-0.3, -0.25) is 0 Å². The van der Waals surface area contributed by atoms with Gasteiger partial charge in [0.15, 0.2) is 5.69 Å². The predicted octanol–water partition coefficient (Wildman–Crippen LogP) is 4.62. The van der Waals surface area contributed by atoms with E-state index in [2.05, 4.69) is 4.98 Å². The van der Waals surface area contributed by atoms with Gasteiger partial charge in [0.25, 0.3) is 0 Å². The number of hydrogen-bond acceptors (Lipinski definition) is 5. The van der Waals surface area contributed by atoms with Crippen LogP contribution in [0.15, 0.2) is 53.9 Å². The highest BCUT2D eigenvalue weighted by molar-refractivity contribution is 7.13. The molecule has 0 atom stereocenters. The summed E-state index contributed by atoms with van der Waals surface area (Å²) in [5.74, 6) is 0.240. The number of aromatic carboxylic acids is 1. The van der Waals surface area contributed by atoms with Crippen molar-refractivity contribution in [2.75, 3.05) is 13.2 Å². The van der Waals surface area contributed by atoms with Crippen LogP contribution in [-0.2, 0) is 0 Å². The van der Waals surface area contributed by atoms with Crippen molar-refractivity contribution >= 4 is 28.9 Å². The molecule has 0 spiro atoms. The first-order valence-electron chi connectivity index (χ1n) is 7.43. The Morgan fingerprint density at radius 1 is 1.12 bits per heavy atom. The maximum absolute atomic E-state index is 10.9. The topological polar surface area (TPSA) is 68.7 Å². The van der Waals surface area contributed by atoms with Gasteiger partial charge < -0.3 is 14.6 Å². The van der Waals surface area contributed by atoms with E-state index in [1.165, 1.54) is 16.7 Å². The van der Waals surface area contributed by atoms with Gasteiger partial charge in [-0.2, -0.15) is 0 Å². The number of aromatic nitrogens is 1. The van der Waals surface area contributed by atoms with E-state index in [1.54, 1.807) is 12.1 Å². The molecule has 1 N–H and O–H groups in total. The fourth-order valence-electron chi connectivity index (χ4n) is 2.10. The minimum atomic E-state index is -1.04. The first-order valence-corrected chi connectivity index (χ1v) is 8.68. The summed E-state index contributed by atoms with van der Waals surface area (Å²) in [7, 11) is 0. The number of hydrogen-bond donors (Lipinski definition) is 1. The van der Waals surface area contributed by atoms with Crippen LogP contribution >= 0.6 is 22.9 Å². The van der Waals surface area contributed by atoms with Crippen LogP contribution in [0.1, 0.15) is 10.5 Å². The van der Waals surface area contributed by atoms with Crippen LogP contribution < -0.4 is 9.47 Å². The lowest BCUT2D eigenvalue weighted by Gasteiger charge is -2.10. The van der Waals surface area contributed by atoms with Crippen molar-refractivity contribution in [3.63, 3.8) is 0 Å². The molecular formula is C18H14ClNO4S. The smallest absolute Gasteiger partial charge is 0.355 e. The molecule has 7 heteroatoms. The fourth-order valence-corrected chi connectivity index (χ4v) is 3.08. The van der Waals surface area contributed by atoms with Gasteiger partial charge >= 0.3 is 5.97 Å². The predicted molar refractivity (Wildman–Crippen MR) is 97.0 cm³/mol. The summed E-state index contributed by atoms with van der Waals surface area (Å²) >= 11 is 7.30. The molecule has 2 aromatic carbocycles. The van der Waals surface area contributed by atoms with E-state index in [1.807, 2.05) is 36.4 Å².